The zero-order valence-electron chi connectivity index (χ0n) is 8.50. The molecule has 5 heteroatoms. The molecule has 3 nitrogen and oxygen atoms in total. The van der Waals surface area contributed by atoms with Gasteiger partial charge < -0.3 is 10.5 Å². The van der Waals surface area contributed by atoms with Crippen LogP contribution in [0.1, 0.15) is 10.6 Å². The quantitative estimate of drug-likeness (QED) is 0.881. The molecule has 2 rings (SSSR count). The molecule has 0 radical (unpaired) electrons. The summed E-state index contributed by atoms with van der Waals surface area (Å²) in [6.07, 6.45) is 0. The second-order valence-electron chi connectivity index (χ2n) is 3.18. The van der Waals surface area contributed by atoms with Crippen molar-refractivity contribution in [3.63, 3.8) is 0 Å². The molecule has 0 aliphatic rings. The van der Waals surface area contributed by atoms with Crippen LogP contribution in [0.2, 0.25) is 5.02 Å². The van der Waals surface area contributed by atoms with Crippen molar-refractivity contribution in [3.05, 3.63) is 21.7 Å². The van der Waals surface area contributed by atoms with Gasteiger partial charge in [0, 0.05) is 17.6 Å². The number of methoxy groups -OCH3 is 1. The molecule has 0 bridgehead atoms. The highest BCUT2D eigenvalue weighted by atomic mass is 35.5. The number of hydrogen-bond donors (Lipinski definition) is 1. The van der Waals surface area contributed by atoms with E-state index in [0.717, 1.165) is 20.8 Å². The molecule has 2 N–H and O–H groups in total. The molecule has 0 saturated heterocycles. The van der Waals surface area contributed by atoms with E-state index in [9.17, 15) is 0 Å². The summed E-state index contributed by atoms with van der Waals surface area (Å²) in [5.41, 5.74) is 7.45. The van der Waals surface area contributed by atoms with Crippen LogP contribution in [-0.2, 0) is 6.54 Å². The van der Waals surface area contributed by atoms with Crippen LogP contribution in [0.5, 0.6) is 5.75 Å². The van der Waals surface area contributed by atoms with Crippen LogP contribution in [0.25, 0.3) is 10.2 Å². The molecule has 0 aliphatic carbocycles. The fourth-order valence-electron chi connectivity index (χ4n) is 1.43. The Morgan fingerprint density at radius 1 is 1.60 bits per heavy atom. The Labute approximate surface area is 96.8 Å². The lowest BCUT2D eigenvalue weighted by molar-refractivity contribution is 0.419. The van der Waals surface area contributed by atoms with Crippen molar-refractivity contribution in [1.29, 1.82) is 0 Å². The van der Waals surface area contributed by atoms with E-state index in [2.05, 4.69) is 4.98 Å². The largest absolute Gasteiger partial charge is 0.494 e. The summed E-state index contributed by atoms with van der Waals surface area (Å²) in [5.74, 6) is 0.705. The Hall–Kier alpha value is -0.840. The van der Waals surface area contributed by atoms with Gasteiger partial charge in [-0.15, -0.1) is 11.3 Å². The lowest BCUT2D eigenvalue weighted by Gasteiger charge is -2.04. The Morgan fingerprint density at radius 3 is 2.93 bits per heavy atom. The van der Waals surface area contributed by atoms with E-state index in [-0.39, 0.29) is 0 Å². The van der Waals surface area contributed by atoms with Crippen LogP contribution in [-0.4, -0.2) is 12.1 Å². The van der Waals surface area contributed by atoms with Crippen LogP contribution in [0.3, 0.4) is 0 Å². The fourth-order valence-corrected chi connectivity index (χ4v) is 2.64. The van der Waals surface area contributed by atoms with Crippen LogP contribution >= 0.6 is 22.9 Å². The topological polar surface area (TPSA) is 48.1 Å². The van der Waals surface area contributed by atoms with E-state index >= 15 is 0 Å². The summed E-state index contributed by atoms with van der Waals surface area (Å²) in [6, 6.07) is 1.79. The first-order chi connectivity index (χ1) is 7.17. The highest BCUT2D eigenvalue weighted by Crippen LogP contribution is 2.36. The van der Waals surface area contributed by atoms with E-state index in [1.165, 1.54) is 0 Å². The number of hydrogen-bond acceptors (Lipinski definition) is 4. The second-order valence-corrected chi connectivity index (χ2v) is 4.67. The molecule has 80 valence electrons. The van der Waals surface area contributed by atoms with Gasteiger partial charge in [-0.05, 0) is 12.5 Å². The molecule has 0 unspecified atom stereocenters. The van der Waals surface area contributed by atoms with Crippen LogP contribution in [0.15, 0.2) is 6.07 Å². The maximum atomic E-state index is 6.09. The lowest BCUT2D eigenvalue weighted by Crippen LogP contribution is -1.94. The summed E-state index contributed by atoms with van der Waals surface area (Å²) < 4.78 is 6.30. The molecule has 1 aromatic heterocycles. The number of thiazole rings is 1. The van der Waals surface area contributed by atoms with E-state index < -0.39 is 0 Å². The summed E-state index contributed by atoms with van der Waals surface area (Å²) in [5, 5.41) is 1.60. The number of nitrogens with two attached hydrogens (primary N) is 1. The van der Waals surface area contributed by atoms with Gasteiger partial charge in [-0.25, -0.2) is 4.98 Å². The second kappa shape index (κ2) is 3.96. The van der Waals surface area contributed by atoms with E-state index in [1.54, 1.807) is 24.5 Å². The Bertz CT molecular complexity index is 510. The Morgan fingerprint density at radius 2 is 2.33 bits per heavy atom. The third-order valence-electron chi connectivity index (χ3n) is 2.26. The monoisotopic (exact) mass is 242 g/mol. The highest BCUT2D eigenvalue weighted by Gasteiger charge is 2.13. The van der Waals surface area contributed by atoms with Crippen molar-refractivity contribution in [2.75, 3.05) is 7.11 Å². The molecule has 0 atom stereocenters. The van der Waals surface area contributed by atoms with E-state index in [4.69, 9.17) is 22.1 Å². The predicted octanol–water partition coefficient (Wildman–Crippen LogP) is 2.73. The standard InChI is InChI=1S/C10H11ClN2OS/c1-5-6(11)3-7(14-2)9-10(5)15-8(4-12)13-9/h3H,4,12H2,1-2H3. The predicted molar refractivity (Wildman–Crippen MR) is 63.8 cm³/mol. The molecule has 0 fully saturated rings. The number of rotatable bonds is 2. The smallest absolute Gasteiger partial charge is 0.147 e. The van der Waals surface area contributed by atoms with E-state index in [0.29, 0.717) is 17.3 Å². The van der Waals surface area contributed by atoms with Crippen molar-refractivity contribution < 1.29 is 4.74 Å². The maximum absolute atomic E-state index is 6.09. The summed E-state index contributed by atoms with van der Waals surface area (Å²) in [7, 11) is 1.61. The normalized spacial score (nSPS) is 10.9. The minimum Gasteiger partial charge on any atom is -0.494 e. The van der Waals surface area contributed by atoms with Gasteiger partial charge in [0.25, 0.3) is 0 Å². The molecular weight excluding hydrogens is 232 g/mol. The minimum atomic E-state index is 0.444. The van der Waals surface area contributed by atoms with Crippen molar-refractivity contribution in [3.8, 4) is 5.75 Å². The van der Waals surface area contributed by atoms with Gasteiger partial charge >= 0.3 is 0 Å². The highest BCUT2D eigenvalue weighted by molar-refractivity contribution is 7.18. The minimum absolute atomic E-state index is 0.444. The summed E-state index contributed by atoms with van der Waals surface area (Å²) in [4.78, 5) is 4.41. The molecule has 2 aromatic rings. The summed E-state index contributed by atoms with van der Waals surface area (Å²) >= 11 is 7.66. The van der Waals surface area contributed by atoms with Gasteiger partial charge in [-0.3, -0.25) is 0 Å². The number of fused-ring (bicyclic) bond motifs is 1. The third-order valence-corrected chi connectivity index (χ3v) is 3.85. The average Bonchev–Trinajstić information content (AvgIpc) is 2.67. The average molecular weight is 243 g/mol. The van der Waals surface area contributed by atoms with Crippen molar-refractivity contribution in [2.24, 2.45) is 5.73 Å². The Balaban J connectivity index is 2.80. The first kappa shape index (κ1) is 10.7. The third kappa shape index (κ3) is 1.69. The lowest BCUT2D eigenvalue weighted by atomic mass is 10.2. The van der Waals surface area contributed by atoms with Crippen LogP contribution < -0.4 is 10.5 Å². The van der Waals surface area contributed by atoms with Crippen molar-refractivity contribution in [2.45, 2.75) is 13.5 Å². The maximum Gasteiger partial charge on any atom is 0.147 e. The van der Waals surface area contributed by atoms with Gasteiger partial charge in [0.2, 0.25) is 0 Å². The van der Waals surface area contributed by atoms with Gasteiger partial charge in [0.05, 0.1) is 11.8 Å². The number of halogens is 1. The SMILES string of the molecule is COc1cc(Cl)c(C)c2sc(CN)nc12. The van der Waals surface area contributed by atoms with Gasteiger partial charge in [-0.2, -0.15) is 0 Å². The number of ether oxygens (including phenoxy) is 1. The number of aromatic nitrogens is 1. The van der Waals surface area contributed by atoms with Crippen molar-refractivity contribution in [1.82, 2.24) is 4.98 Å². The van der Waals surface area contributed by atoms with Gasteiger partial charge in [0.15, 0.2) is 0 Å². The molecule has 0 aliphatic heterocycles. The number of nitrogens with zero attached hydrogens (tertiary/aromatic N) is 1. The Kier molecular flexibility index (Phi) is 2.82. The zero-order chi connectivity index (χ0) is 11.0. The van der Waals surface area contributed by atoms with Crippen molar-refractivity contribution >= 4 is 33.2 Å². The molecular formula is C10H11ClN2OS. The number of benzene rings is 1. The molecule has 15 heavy (non-hydrogen) atoms. The van der Waals surface area contributed by atoms with Crippen LogP contribution in [0.4, 0.5) is 0 Å². The van der Waals surface area contributed by atoms with Gasteiger partial charge in [0.1, 0.15) is 16.3 Å². The molecule has 1 aromatic carbocycles. The summed E-state index contributed by atoms with van der Waals surface area (Å²) in [6.45, 7) is 2.42. The molecule has 1 heterocycles. The molecule has 0 amide bonds. The van der Waals surface area contributed by atoms with Crippen LogP contribution in [0, 0.1) is 6.92 Å². The molecule has 0 saturated carbocycles. The zero-order valence-corrected chi connectivity index (χ0v) is 10.1. The van der Waals surface area contributed by atoms with Gasteiger partial charge in [-0.1, -0.05) is 11.6 Å². The number of aryl methyl sites for hydroxylation is 1. The first-order valence-electron chi connectivity index (χ1n) is 4.50. The van der Waals surface area contributed by atoms with E-state index in [1.807, 2.05) is 6.92 Å². The first-order valence-corrected chi connectivity index (χ1v) is 5.69. The fraction of sp³-hybridized carbons (Fsp3) is 0.300. The molecule has 0 spiro atoms.